The first-order chi connectivity index (χ1) is 12.6. The molecule has 4 nitrogen and oxygen atoms in total. The fourth-order valence-electron chi connectivity index (χ4n) is 4.13. The van der Waals surface area contributed by atoms with Crippen LogP contribution in [0.15, 0.2) is 29.6 Å². The van der Waals surface area contributed by atoms with Crippen LogP contribution in [0.1, 0.15) is 55.6 Å². The third-order valence-electron chi connectivity index (χ3n) is 6.01. The first kappa shape index (κ1) is 18.2. The lowest BCUT2D eigenvalue weighted by Gasteiger charge is -2.21. The van der Waals surface area contributed by atoms with Gasteiger partial charge in [-0.1, -0.05) is 11.8 Å². The van der Waals surface area contributed by atoms with Crippen molar-refractivity contribution in [2.75, 3.05) is 0 Å². The number of carbonyl (C=O) groups is 1. The van der Waals surface area contributed by atoms with E-state index >= 15 is 0 Å². The average Bonchev–Trinajstić information content (AvgIpc) is 3.07. The molecule has 27 heavy (non-hydrogen) atoms. The van der Waals surface area contributed by atoms with E-state index < -0.39 is 10.8 Å². The van der Waals surface area contributed by atoms with Crippen LogP contribution in [-0.4, -0.2) is 20.7 Å². The first-order valence-corrected chi connectivity index (χ1v) is 10.2. The Labute approximate surface area is 164 Å². The van der Waals surface area contributed by atoms with Gasteiger partial charge >= 0.3 is 0 Å². The van der Waals surface area contributed by atoms with Crippen molar-refractivity contribution in [3.63, 3.8) is 0 Å². The van der Waals surface area contributed by atoms with Gasteiger partial charge in [0.15, 0.2) is 10.9 Å². The Kier molecular flexibility index (Phi) is 4.00. The van der Waals surface area contributed by atoms with Crippen LogP contribution in [0.3, 0.4) is 0 Å². The van der Waals surface area contributed by atoms with Gasteiger partial charge in [0.1, 0.15) is 0 Å². The van der Waals surface area contributed by atoms with Crippen molar-refractivity contribution >= 4 is 28.6 Å². The van der Waals surface area contributed by atoms with Crippen LogP contribution in [0.4, 0.5) is 0 Å². The topological polar surface area (TPSA) is 58.6 Å². The molecule has 2 aromatic heterocycles. The Bertz CT molecular complexity index is 1020. The highest BCUT2D eigenvalue weighted by molar-refractivity contribution is 7.98. The van der Waals surface area contributed by atoms with Gasteiger partial charge in [0.25, 0.3) is 0 Å². The number of thioether (sulfide) groups is 1. The largest absolute Gasteiger partial charge is 0.333 e. The number of aromatic amines is 1. The molecule has 0 unspecified atom stereocenters. The van der Waals surface area contributed by atoms with E-state index in [2.05, 4.69) is 35.9 Å². The third-order valence-corrected chi connectivity index (χ3v) is 6.89. The number of benzene rings is 1. The minimum absolute atomic E-state index is 0.272. The summed E-state index contributed by atoms with van der Waals surface area (Å²) in [5, 5.41) is 0.887. The van der Waals surface area contributed by atoms with E-state index in [9.17, 15) is 4.79 Å². The third kappa shape index (κ3) is 2.71. The number of nitrogens with zero attached hydrogens (tertiary/aromatic N) is 2. The molecule has 0 saturated heterocycles. The molecule has 140 valence electrons. The van der Waals surface area contributed by atoms with Crippen LogP contribution in [0.5, 0.6) is 0 Å². The maximum Gasteiger partial charge on any atom is 0.166 e. The van der Waals surface area contributed by atoms with Crippen molar-refractivity contribution in [2.45, 2.75) is 63.3 Å². The number of pyridine rings is 1. The molecular formula is C22H25N3OS. The molecule has 1 N–H and O–H groups in total. The number of rotatable bonds is 3. The number of aromatic nitrogens is 3. The number of hydrogen-bond acceptors (Lipinski definition) is 4. The van der Waals surface area contributed by atoms with Crippen molar-refractivity contribution in [1.29, 1.82) is 0 Å². The lowest BCUT2D eigenvalue weighted by atomic mass is 9.80. The number of carbonyl (C=O) groups excluding carboxylic acids is 1. The Morgan fingerprint density at radius 1 is 1.07 bits per heavy atom. The molecule has 0 spiro atoms. The number of fused-ring (bicyclic) bond motifs is 2. The van der Waals surface area contributed by atoms with E-state index in [1.165, 1.54) is 11.1 Å². The summed E-state index contributed by atoms with van der Waals surface area (Å²) in [5.74, 6) is 1.05. The van der Waals surface area contributed by atoms with Gasteiger partial charge in [-0.25, -0.2) is 4.98 Å². The molecule has 0 amide bonds. The van der Waals surface area contributed by atoms with Crippen LogP contribution in [-0.2, 0) is 21.4 Å². The van der Waals surface area contributed by atoms with Gasteiger partial charge in [-0.15, -0.1) is 0 Å². The second kappa shape index (κ2) is 5.93. The molecule has 1 aliphatic carbocycles. The Hall–Kier alpha value is -2.14. The summed E-state index contributed by atoms with van der Waals surface area (Å²) >= 11 is 1.66. The van der Waals surface area contributed by atoms with Gasteiger partial charge in [-0.05, 0) is 82.0 Å². The zero-order chi connectivity index (χ0) is 19.6. The lowest BCUT2D eigenvalue weighted by molar-refractivity contribution is -0.126. The molecule has 1 aromatic carbocycles. The van der Waals surface area contributed by atoms with Crippen LogP contribution >= 0.6 is 11.8 Å². The molecule has 0 aliphatic heterocycles. The normalized spacial score (nSPS) is 17.5. The molecule has 5 heteroatoms. The molecule has 0 atom stereocenters. The second-order valence-electron chi connectivity index (χ2n) is 8.52. The number of nitrogens with one attached hydrogen (secondary N) is 1. The smallest absolute Gasteiger partial charge is 0.166 e. The van der Waals surface area contributed by atoms with Crippen LogP contribution < -0.4 is 0 Å². The van der Waals surface area contributed by atoms with E-state index in [1.54, 1.807) is 11.8 Å². The van der Waals surface area contributed by atoms with Crippen molar-refractivity contribution in [3.8, 4) is 0 Å². The summed E-state index contributed by atoms with van der Waals surface area (Å²) in [5.41, 5.74) is 6.78. The summed E-state index contributed by atoms with van der Waals surface area (Å²) in [7, 11) is 0. The fraction of sp³-hybridized carbons (Fsp3) is 0.409. The second-order valence-corrected chi connectivity index (χ2v) is 9.49. The molecule has 1 aliphatic rings. The van der Waals surface area contributed by atoms with Crippen molar-refractivity contribution in [1.82, 2.24) is 15.0 Å². The monoisotopic (exact) mass is 379 g/mol. The molecular weight excluding hydrogens is 354 g/mol. The van der Waals surface area contributed by atoms with Gasteiger partial charge in [0.2, 0.25) is 0 Å². The summed E-state index contributed by atoms with van der Waals surface area (Å²) in [6.07, 6.45) is 1.86. The minimum Gasteiger partial charge on any atom is -0.333 e. The Morgan fingerprint density at radius 2 is 1.74 bits per heavy atom. The number of aryl methyl sites for hydroxylation is 1. The maximum atomic E-state index is 12.9. The fourth-order valence-corrected chi connectivity index (χ4v) is 5.04. The van der Waals surface area contributed by atoms with Crippen molar-refractivity contribution < 1.29 is 4.79 Å². The number of imidazole rings is 1. The van der Waals surface area contributed by atoms with Gasteiger partial charge in [0, 0.05) is 22.8 Å². The highest BCUT2D eigenvalue weighted by Crippen LogP contribution is 2.47. The molecule has 4 rings (SSSR count). The summed E-state index contributed by atoms with van der Waals surface area (Å²) in [4.78, 5) is 25.5. The lowest BCUT2D eigenvalue weighted by Crippen LogP contribution is -2.33. The first-order valence-electron chi connectivity index (χ1n) is 9.26. The molecule has 3 aromatic rings. The highest BCUT2D eigenvalue weighted by Gasteiger charge is 2.50. The van der Waals surface area contributed by atoms with E-state index in [4.69, 9.17) is 4.98 Å². The zero-order valence-electron chi connectivity index (χ0n) is 16.7. The number of ketones is 1. The number of hydrogen-bond donors (Lipinski definition) is 1. The Balaban J connectivity index is 1.69. The number of Topliss-reactive ketones (excluding diaryl/α,β-unsaturated/α-hetero) is 1. The van der Waals surface area contributed by atoms with Crippen LogP contribution in [0, 0.1) is 13.8 Å². The van der Waals surface area contributed by atoms with Crippen molar-refractivity contribution in [2.24, 2.45) is 0 Å². The summed E-state index contributed by atoms with van der Waals surface area (Å²) in [6.45, 7) is 12.3. The van der Waals surface area contributed by atoms with E-state index in [0.29, 0.717) is 0 Å². The summed E-state index contributed by atoms with van der Waals surface area (Å²) in [6, 6.07) is 6.25. The van der Waals surface area contributed by atoms with E-state index in [0.717, 1.165) is 38.8 Å². The van der Waals surface area contributed by atoms with E-state index in [1.807, 2.05) is 40.0 Å². The maximum absolute atomic E-state index is 12.9. The SMILES string of the molecule is Cc1ccnc(CSc2nc3cc4c(cc3[nH]2)C(C)(C)C(=O)C4(C)C)c1C. The van der Waals surface area contributed by atoms with Crippen LogP contribution in [0.2, 0.25) is 0 Å². The number of H-pyrrole nitrogens is 1. The molecule has 2 heterocycles. The Morgan fingerprint density at radius 3 is 2.44 bits per heavy atom. The minimum atomic E-state index is -0.470. The zero-order valence-corrected chi connectivity index (χ0v) is 17.5. The van der Waals surface area contributed by atoms with E-state index in [-0.39, 0.29) is 5.78 Å². The van der Waals surface area contributed by atoms with Gasteiger partial charge in [0.05, 0.1) is 16.7 Å². The molecule has 0 bridgehead atoms. The average molecular weight is 380 g/mol. The standard InChI is InChI=1S/C22H25N3OS/c1-12-7-8-23-18(13(12)2)11-27-20-24-16-9-14-15(10-17(16)25-20)22(5,6)19(26)21(14,3)4/h7-10H,11H2,1-6H3,(H,24,25). The molecule has 0 saturated carbocycles. The van der Waals surface area contributed by atoms with Gasteiger partial charge in [-0.2, -0.15) is 0 Å². The van der Waals surface area contributed by atoms with Gasteiger partial charge < -0.3 is 4.98 Å². The summed E-state index contributed by atoms with van der Waals surface area (Å²) < 4.78 is 0. The highest BCUT2D eigenvalue weighted by atomic mass is 32.2. The van der Waals surface area contributed by atoms with Gasteiger partial charge in [-0.3, -0.25) is 9.78 Å². The quantitative estimate of drug-likeness (QED) is 0.650. The molecule has 0 radical (unpaired) electrons. The predicted molar refractivity (Wildman–Crippen MR) is 110 cm³/mol. The van der Waals surface area contributed by atoms with Crippen molar-refractivity contribution in [3.05, 3.63) is 52.3 Å². The molecule has 0 fully saturated rings. The predicted octanol–water partition coefficient (Wildman–Crippen LogP) is 5.00. The van der Waals surface area contributed by atoms with Crippen LogP contribution in [0.25, 0.3) is 11.0 Å².